The van der Waals surface area contributed by atoms with E-state index >= 15 is 0 Å². The first-order valence-corrected chi connectivity index (χ1v) is 7.03. The molecule has 0 spiro atoms. The monoisotopic (exact) mass is 260 g/mol. The standard InChI is InChI=1S/C15H16O2S/c16-14-6-8-15(9-7-14)17-10-11-18-12-13-4-2-1-3-5-13/h1-9,16H,10-12H2. The summed E-state index contributed by atoms with van der Waals surface area (Å²) in [5.41, 5.74) is 1.34. The van der Waals surface area contributed by atoms with Crippen LogP contribution in [-0.2, 0) is 5.75 Å². The lowest BCUT2D eigenvalue weighted by molar-refractivity contribution is 0.343. The minimum absolute atomic E-state index is 0.265. The van der Waals surface area contributed by atoms with E-state index in [9.17, 15) is 0 Å². The molecule has 2 aromatic carbocycles. The molecule has 0 amide bonds. The first-order chi connectivity index (χ1) is 8.84. The van der Waals surface area contributed by atoms with Gasteiger partial charge in [-0.15, -0.1) is 0 Å². The van der Waals surface area contributed by atoms with Gasteiger partial charge in [-0.1, -0.05) is 30.3 Å². The number of rotatable bonds is 6. The third-order valence-electron chi connectivity index (χ3n) is 2.44. The molecule has 0 saturated heterocycles. The van der Waals surface area contributed by atoms with Crippen LogP contribution in [-0.4, -0.2) is 17.5 Å². The van der Waals surface area contributed by atoms with E-state index in [2.05, 4.69) is 24.3 Å². The Morgan fingerprint density at radius 2 is 1.67 bits per heavy atom. The van der Waals surface area contributed by atoms with Gasteiger partial charge in [-0.25, -0.2) is 0 Å². The highest BCUT2D eigenvalue weighted by Gasteiger charge is 1.95. The van der Waals surface area contributed by atoms with Crippen LogP contribution in [0.1, 0.15) is 5.56 Å². The molecule has 0 radical (unpaired) electrons. The van der Waals surface area contributed by atoms with Gasteiger partial charge >= 0.3 is 0 Å². The summed E-state index contributed by atoms with van der Waals surface area (Å²) in [6.45, 7) is 0.683. The van der Waals surface area contributed by atoms with Crippen LogP contribution in [0, 0.1) is 0 Å². The summed E-state index contributed by atoms with van der Waals surface area (Å²) >= 11 is 1.85. The second-order valence-corrected chi connectivity index (χ2v) is 4.99. The zero-order valence-electron chi connectivity index (χ0n) is 10.1. The van der Waals surface area contributed by atoms with Crippen LogP contribution >= 0.6 is 11.8 Å². The highest BCUT2D eigenvalue weighted by molar-refractivity contribution is 7.98. The van der Waals surface area contributed by atoms with Crippen LogP contribution in [0.15, 0.2) is 54.6 Å². The van der Waals surface area contributed by atoms with Gasteiger partial charge in [0.25, 0.3) is 0 Å². The minimum atomic E-state index is 0.265. The number of hydrogen-bond acceptors (Lipinski definition) is 3. The summed E-state index contributed by atoms with van der Waals surface area (Å²) in [6, 6.07) is 17.2. The van der Waals surface area contributed by atoms with Crippen LogP contribution in [0.4, 0.5) is 0 Å². The van der Waals surface area contributed by atoms with Gasteiger partial charge in [0.1, 0.15) is 11.5 Å². The molecule has 0 aliphatic carbocycles. The molecule has 18 heavy (non-hydrogen) atoms. The number of phenolic OH excluding ortho intramolecular Hbond substituents is 1. The summed E-state index contributed by atoms with van der Waals surface area (Å²) < 4.78 is 5.57. The van der Waals surface area contributed by atoms with Gasteiger partial charge in [0, 0.05) is 11.5 Å². The summed E-state index contributed by atoms with van der Waals surface area (Å²) in [6.07, 6.45) is 0. The van der Waals surface area contributed by atoms with Gasteiger partial charge in [-0.2, -0.15) is 11.8 Å². The molecule has 0 heterocycles. The Balaban J connectivity index is 1.63. The van der Waals surface area contributed by atoms with Crippen molar-refractivity contribution in [2.45, 2.75) is 5.75 Å². The van der Waals surface area contributed by atoms with Crippen molar-refractivity contribution < 1.29 is 9.84 Å². The molecule has 0 unspecified atom stereocenters. The number of ether oxygens (including phenoxy) is 1. The maximum absolute atomic E-state index is 9.13. The fourth-order valence-electron chi connectivity index (χ4n) is 1.53. The summed E-state index contributed by atoms with van der Waals surface area (Å²) in [4.78, 5) is 0. The summed E-state index contributed by atoms with van der Waals surface area (Å²) in [7, 11) is 0. The average Bonchev–Trinajstić information content (AvgIpc) is 2.42. The predicted octanol–water partition coefficient (Wildman–Crippen LogP) is 3.70. The molecule has 2 rings (SSSR count). The Bertz CT molecular complexity index is 454. The maximum atomic E-state index is 9.13. The minimum Gasteiger partial charge on any atom is -0.508 e. The lowest BCUT2D eigenvalue weighted by Gasteiger charge is -2.06. The van der Waals surface area contributed by atoms with E-state index in [1.165, 1.54) is 5.56 Å². The van der Waals surface area contributed by atoms with Crippen LogP contribution in [0.3, 0.4) is 0 Å². The molecule has 1 N–H and O–H groups in total. The highest BCUT2D eigenvalue weighted by atomic mass is 32.2. The lowest BCUT2D eigenvalue weighted by atomic mass is 10.2. The SMILES string of the molecule is Oc1ccc(OCCSCc2ccccc2)cc1. The third-order valence-corrected chi connectivity index (χ3v) is 3.44. The molecule has 2 nitrogen and oxygen atoms in total. The van der Waals surface area contributed by atoms with Crippen molar-refractivity contribution >= 4 is 11.8 Å². The molecule has 2 aromatic rings. The highest BCUT2D eigenvalue weighted by Crippen LogP contribution is 2.17. The smallest absolute Gasteiger partial charge is 0.119 e. The zero-order valence-corrected chi connectivity index (χ0v) is 10.9. The average molecular weight is 260 g/mol. The fraction of sp³-hybridized carbons (Fsp3) is 0.200. The maximum Gasteiger partial charge on any atom is 0.119 e. The van der Waals surface area contributed by atoms with Crippen LogP contribution < -0.4 is 4.74 Å². The van der Waals surface area contributed by atoms with Gasteiger partial charge in [0.05, 0.1) is 6.61 Å². The molecule has 0 aliphatic heterocycles. The van der Waals surface area contributed by atoms with Gasteiger partial charge < -0.3 is 9.84 Å². The fourth-order valence-corrected chi connectivity index (χ4v) is 2.30. The molecule has 0 fully saturated rings. The topological polar surface area (TPSA) is 29.5 Å². The molecule has 0 aliphatic rings. The van der Waals surface area contributed by atoms with Crippen molar-refractivity contribution in [1.29, 1.82) is 0 Å². The third kappa shape index (κ3) is 4.34. The zero-order chi connectivity index (χ0) is 12.6. The van der Waals surface area contributed by atoms with Crippen molar-refractivity contribution in [2.24, 2.45) is 0 Å². The van der Waals surface area contributed by atoms with Gasteiger partial charge in [-0.3, -0.25) is 0 Å². The number of hydrogen-bond donors (Lipinski definition) is 1. The number of benzene rings is 2. The normalized spacial score (nSPS) is 10.2. The van der Waals surface area contributed by atoms with Crippen molar-refractivity contribution in [3.8, 4) is 11.5 Å². The Hall–Kier alpha value is -1.61. The predicted molar refractivity (Wildman–Crippen MR) is 76.2 cm³/mol. The summed E-state index contributed by atoms with van der Waals surface area (Å²) in [5.74, 6) is 3.03. The van der Waals surface area contributed by atoms with Crippen molar-refractivity contribution in [1.82, 2.24) is 0 Å². The molecule has 0 bridgehead atoms. The van der Waals surface area contributed by atoms with E-state index in [-0.39, 0.29) is 5.75 Å². The van der Waals surface area contributed by atoms with Crippen LogP contribution in [0.2, 0.25) is 0 Å². The molecular weight excluding hydrogens is 244 g/mol. The molecule has 0 atom stereocenters. The first kappa shape index (κ1) is 12.8. The lowest BCUT2D eigenvalue weighted by Crippen LogP contribution is -2.00. The second-order valence-electron chi connectivity index (χ2n) is 3.88. The first-order valence-electron chi connectivity index (χ1n) is 5.88. The van der Waals surface area contributed by atoms with Gasteiger partial charge in [0.2, 0.25) is 0 Å². The Morgan fingerprint density at radius 1 is 0.944 bits per heavy atom. The van der Waals surface area contributed by atoms with E-state index in [4.69, 9.17) is 9.84 Å². The van der Waals surface area contributed by atoms with E-state index < -0.39 is 0 Å². The molecule has 0 aromatic heterocycles. The van der Waals surface area contributed by atoms with E-state index in [0.29, 0.717) is 6.61 Å². The van der Waals surface area contributed by atoms with E-state index in [0.717, 1.165) is 17.3 Å². The molecular formula is C15H16O2S. The largest absolute Gasteiger partial charge is 0.508 e. The molecule has 3 heteroatoms. The van der Waals surface area contributed by atoms with Gasteiger partial charge in [0.15, 0.2) is 0 Å². The van der Waals surface area contributed by atoms with E-state index in [1.54, 1.807) is 24.3 Å². The molecule has 0 saturated carbocycles. The number of aromatic hydroxyl groups is 1. The van der Waals surface area contributed by atoms with Crippen molar-refractivity contribution in [3.63, 3.8) is 0 Å². The quantitative estimate of drug-likeness (QED) is 0.803. The van der Waals surface area contributed by atoms with Crippen molar-refractivity contribution in [2.75, 3.05) is 12.4 Å². The van der Waals surface area contributed by atoms with Crippen LogP contribution in [0.25, 0.3) is 0 Å². The Kier molecular flexibility index (Phi) is 4.97. The number of phenols is 1. The van der Waals surface area contributed by atoms with Crippen LogP contribution in [0.5, 0.6) is 11.5 Å². The summed E-state index contributed by atoms with van der Waals surface area (Å²) in [5, 5.41) is 9.13. The van der Waals surface area contributed by atoms with Gasteiger partial charge in [-0.05, 0) is 29.8 Å². The van der Waals surface area contributed by atoms with E-state index in [1.807, 2.05) is 17.8 Å². The van der Waals surface area contributed by atoms with Crippen molar-refractivity contribution in [3.05, 3.63) is 60.2 Å². The number of thioether (sulfide) groups is 1. The second kappa shape index (κ2) is 6.97. The Morgan fingerprint density at radius 3 is 2.39 bits per heavy atom. The molecule has 94 valence electrons. The Labute approximate surface area is 112 Å².